The van der Waals surface area contributed by atoms with Crippen molar-refractivity contribution < 1.29 is 14.3 Å². The van der Waals surface area contributed by atoms with Crippen molar-refractivity contribution in [3.8, 4) is 5.75 Å². The zero-order chi connectivity index (χ0) is 14.4. The Balaban J connectivity index is 2.74. The lowest BCUT2D eigenvalue weighted by Gasteiger charge is -2.15. The summed E-state index contributed by atoms with van der Waals surface area (Å²) in [6, 6.07) is 3.96. The summed E-state index contributed by atoms with van der Waals surface area (Å²) in [6.07, 6.45) is 0.891. The van der Waals surface area contributed by atoms with Crippen molar-refractivity contribution in [2.75, 3.05) is 13.7 Å². The number of aryl methyl sites for hydroxylation is 2. The Morgan fingerprint density at radius 1 is 1.32 bits per heavy atom. The summed E-state index contributed by atoms with van der Waals surface area (Å²) >= 11 is 6.23. The van der Waals surface area contributed by atoms with E-state index in [0.717, 1.165) is 16.9 Å². The Kier molecular flexibility index (Phi) is 6.16. The summed E-state index contributed by atoms with van der Waals surface area (Å²) in [5.41, 5.74) is 3.43. The first-order valence-electron chi connectivity index (χ1n) is 6.41. The summed E-state index contributed by atoms with van der Waals surface area (Å²) in [5.74, 6) is 0.599. The monoisotopic (exact) mass is 284 g/mol. The fraction of sp³-hybridized carbons (Fsp3) is 0.533. The van der Waals surface area contributed by atoms with E-state index in [1.54, 1.807) is 14.0 Å². The largest absolute Gasteiger partial charge is 0.497 e. The minimum absolute atomic E-state index is 0.236. The van der Waals surface area contributed by atoms with Crippen molar-refractivity contribution >= 4 is 17.6 Å². The third-order valence-electron chi connectivity index (χ3n) is 3.02. The van der Waals surface area contributed by atoms with Crippen LogP contribution in [0, 0.1) is 13.8 Å². The van der Waals surface area contributed by atoms with Crippen LogP contribution in [-0.2, 0) is 16.0 Å². The highest BCUT2D eigenvalue weighted by Gasteiger charge is 2.15. The molecule has 0 N–H and O–H groups in total. The summed E-state index contributed by atoms with van der Waals surface area (Å²) in [7, 11) is 1.65. The fourth-order valence-electron chi connectivity index (χ4n) is 2.09. The minimum Gasteiger partial charge on any atom is -0.497 e. The second-order valence-electron chi connectivity index (χ2n) is 4.55. The molecule has 0 fully saturated rings. The molecule has 1 unspecified atom stereocenters. The molecule has 1 rings (SSSR count). The van der Waals surface area contributed by atoms with E-state index < -0.39 is 0 Å². The highest BCUT2D eigenvalue weighted by Crippen LogP contribution is 2.24. The van der Waals surface area contributed by atoms with Crippen molar-refractivity contribution in [3.05, 3.63) is 28.8 Å². The highest BCUT2D eigenvalue weighted by atomic mass is 35.5. The molecule has 4 heteroatoms. The van der Waals surface area contributed by atoms with Gasteiger partial charge in [-0.05, 0) is 56.0 Å². The molecule has 1 atom stereocenters. The van der Waals surface area contributed by atoms with Crippen LogP contribution in [0.1, 0.15) is 30.0 Å². The van der Waals surface area contributed by atoms with Crippen molar-refractivity contribution in [1.82, 2.24) is 0 Å². The van der Waals surface area contributed by atoms with Crippen LogP contribution in [0.25, 0.3) is 0 Å². The summed E-state index contributed by atoms with van der Waals surface area (Å²) in [4.78, 5) is 11.4. The van der Waals surface area contributed by atoms with Gasteiger partial charge >= 0.3 is 5.97 Å². The van der Waals surface area contributed by atoms with Crippen LogP contribution in [0.3, 0.4) is 0 Å². The number of methoxy groups -OCH3 is 1. The number of hydrogen-bond acceptors (Lipinski definition) is 3. The van der Waals surface area contributed by atoms with Crippen LogP contribution in [-0.4, -0.2) is 25.1 Å². The summed E-state index contributed by atoms with van der Waals surface area (Å²) in [6.45, 7) is 6.24. The van der Waals surface area contributed by atoms with Crippen LogP contribution < -0.4 is 4.74 Å². The molecule has 1 aromatic carbocycles. The van der Waals surface area contributed by atoms with Gasteiger partial charge in [-0.3, -0.25) is 4.79 Å². The molecule has 19 heavy (non-hydrogen) atoms. The predicted octanol–water partition coefficient (Wildman–Crippen LogP) is 3.42. The van der Waals surface area contributed by atoms with Gasteiger partial charge in [-0.25, -0.2) is 0 Å². The molecule has 0 bridgehead atoms. The molecule has 1 aromatic rings. The Morgan fingerprint density at radius 2 is 1.89 bits per heavy atom. The van der Waals surface area contributed by atoms with E-state index in [1.165, 1.54) is 5.56 Å². The molecule has 0 aliphatic carbocycles. The SMILES string of the molecule is CCOC(=O)CC(Cl)Cc1c(C)cc(OC)cc1C. The molecule has 3 nitrogen and oxygen atoms in total. The quantitative estimate of drug-likeness (QED) is 0.593. The second-order valence-corrected chi connectivity index (χ2v) is 5.17. The van der Waals surface area contributed by atoms with Gasteiger partial charge < -0.3 is 9.47 Å². The highest BCUT2D eigenvalue weighted by molar-refractivity contribution is 6.21. The number of hydrogen-bond donors (Lipinski definition) is 0. The number of ether oxygens (including phenoxy) is 2. The van der Waals surface area contributed by atoms with Crippen LogP contribution in [0.4, 0.5) is 0 Å². The van der Waals surface area contributed by atoms with Crippen LogP contribution in [0.15, 0.2) is 12.1 Å². The molecule has 106 valence electrons. The lowest BCUT2D eigenvalue weighted by atomic mass is 9.97. The van der Waals surface area contributed by atoms with Gasteiger partial charge in [0.1, 0.15) is 5.75 Å². The third kappa shape index (κ3) is 4.75. The van der Waals surface area contributed by atoms with E-state index >= 15 is 0 Å². The smallest absolute Gasteiger partial charge is 0.307 e. The molecule has 0 spiro atoms. The average Bonchev–Trinajstić information content (AvgIpc) is 2.33. The van der Waals surface area contributed by atoms with Crippen LogP contribution in [0.2, 0.25) is 0 Å². The van der Waals surface area contributed by atoms with Gasteiger partial charge in [0, 0.05) is 5.38 Å². The van der Waals surface area contributed by atoms with Gasteiger partial charge in [-0.15, -0.1) is 11.6 Å². The van der Waals surface area contributed by atoms with Gasteiger partial charge in [-0.1, -0.05) is 0 Å². The van der Waals surface area contributed by atoms with E-state index in [1.807, 2.05) is 26.0 Å². The molecule has 0 amide bonds. The molecule has 0 aliphatic rings. The number of carbonyl (C=O) groups excluding carboxylic acids is 1. The number of esters is 1. The van der Waals surface area contributed by atoms with Gasteiger partial charge in [-0.2, -0.15) is 0 Å². The zero-order valence-corrected chi connectivity index (χ0v) is 12.7. The molecule has 0 heterocycles. The first-order chi connectivity index (χ1) is 8.97. The predicted molar refractivity (Wildman–Crippen MR) is 77.1 cm³/mol. The van der Waals surface area contributed by atoms with E-state index in [4.69, 9.17) is 21.1 Å². The maximum Gasteiger partial charge on any atom is 0.307 e. The van der Waals surface area contributed by atoms with E-state index in [-0.39, 0.29) is 17.8 Å². The number of carbonyl (C=O) groups is 1. The molecule has 0 aliphatic heterocycles. The van der Waals surface area contributed by atoms with Crippen molar-refractivity contribution in [2.45, 2.75) is 39.0 Å². The second kappa shape index (κ2) is 7.39. The summed E-state index contributed by atoms with van der Waals surface area (Å²) in [5, 5.41) is -0.246. The minimum atomic E-state index is -0.246. The number of alkyl halides is 1. The third-order valence-corrected chi connectivity index (χ3v) is 3.33. The van der Waals surface area contributed by atoms with Gasteiger partial charge in [0.2, 0.25) is 0 Å². The van der Waals surface area contributed by atoms with Crippen molar-refractivity contribution in [2.24, 2.45) is 0 Å². The fourth-order valence-corrected chi connectivity index (χ4v) is 2.37. The lowest BCUT2D eigenvalue weighted by Crippen LogP contribution is -2.14. The first-order valence-corrected chi connectivity index (χ1v) is 6.85. The Labute approximate surface area is 119 Å². The topological polar surface area (TPSA) is 35.5 Å². The molecular formula is C15H21ClO3. The van der Waals surface area contributed by atoms with Crippen molar-refractivity contribution in [1.29, 1.82) is 0 Å². The maximum absolute atomic E-state index is 11.4. The molecule has 0 saturated heterocycles. The summed E-state index contributed by atoms with van der Waals surface area (Å²) < 4.78 is 10.1. The zero-order valence-electron chi connectivity index (χ0n) is 12.0. The van der Waals surface area contributed by atoms with Crippen molar-refractivity contribution in [3.63, 3.8) is 0 Å². The van der Waals surface area contributed by atoms with E-state index in [0.29, 0.717) is 13.0 Å². The molecule has 0 aromatic heterocycles. The number of benzene rings is 1. The average molecular weight is 285 g/mol. The molecular weight excluding hydrogens is 264 g/mol. The van der Waals surface area contributed by atoms with Gasteiger partial charge in [0.05, 0.1) is 20.1 Å². The Bertz CT molecular complexity index is 420. The molecule has 0 saturated carbocycles. The normalized spacial score (nSPS) is 12.1. The lowest BCUT2D eigenvalue weighted by molar-refractivity contribution is -0.143. The maximum atomic E-state index is 11.4. The van der Waals surface area contributed by atoms with Crippen LogP contribution >= 0.6 is 11.6 Å². The standard InChI is InChI=1S/C15H21ClO3/c1-5-19-15(17)9-12(16)8-14-10(2)6-13(18-4)7-11(14)3/h6-7,12H,5,8-9H2,1-4H3. The first kappa shape index (κ1) is 15.8. The van der Waals surface area contributed by atoms with E-state index in [2.05, 4.69) is 0 Å². The molecule has 0 radical (unpaired) electrons. The van der Waals surface area contributed by atoms with E-state index in [9.17, 15) is 4.79 Å². The Hall–Kier alpha value is -1.22. The number of halogens is 1. The number of rotatable bonds is 6. The van der Waals surface area contributed by atoms with Gasteiger partial charge in [0.15, 0.2) is 0 Å². The Morgan fingerprint density at radius 3 is 2.37 bits per heavy atom. The van der Waals surface area contributed by atoms with Crippen LogP contribution in [0.5, 0.6) is 5.75 Å². The van der Waals surface area contributed by atoms with Gasteiger partial charge in [0.25, 0.3) is 0 Å².